The topological polar surface area (TPSA) is 48.2 Å². The minimum Gasteiger partial charge on any atom is -0.470 e. The molecule has 0 saturated carbocycles. The second-order valence-corrected chi connectivity index (χ2v) is 6.85. The van der Waals surface area contributed by atoms with Crippen molar-refractivity contribution in [3.05, 3.63) is 89.4 Å². The highest BCUT2D eigenvalue weighted by Gasteiger charge is 2.17. The lowest BCUT2D eigenvalue weighted by atomic mass is 10.2. The number of para-hydroxylation sites is 1. The molecule has 5 heteroatoms. The van der Waals surface area contributed by atoms with E-state index >= 15 is 0 Å². The Labute approximate surface area is 166 Å². The van der Waals surface area contributed by atoms with Gasteiger partial charge in [0.2, 0.25) is 5.58 Å². The van der Waals surface area contributed by atoms with Crippen LogP contribution < -0.4 is 4.74 Å². The number of fused-ring (bicyclic) bond motifs is 3. The van der Waals surface area contributed by atoms with Crippen LogP contribution in [0.5, 0.6) is 5.88 Å². The van der Waals surface area contributed by atoms with Crippen molar-refractivity contribution in [3.8, 4) is 17.3 Å². The number of ether oxygens (including phenoxy) is 1. The van der Waals surface area contributed by atoms with Crippen molar-refractivity contribution >= 4 is 33.7 Å². The number of furan rings is 1. The van der Waals surface area contributed by atoms with Gasteiger partial charge in [-0.05, 0) is 29.8 Å². The molecule has 0 saturated heterocycles. The maximum Gasteiger partial charge on any atom is 0.262 e. The molecular weight excluding hydrogens is 372 g/mol. The Hall–Kier alpha value is -3.37. The Kier molecular flexibility index (Phi) is 4.18. The van der Waals surface area contributed by atoms with Crippen LogP contribution in [0.1, 0.15) is 5.56 Å². The first-order chi connectivity index (χ1) is 13.8. The summed E-state index contributed by atoms with van der Waals surface area (Å²) in [6.45, 7) is 0.356. The highest BCUT2D eigenvalue weighted by molar-refractivity contribution is 6.30. The third kappa shape index (κ3) is 3.08. The first-order valence-corrected chi connectivity index (χ1v) is 9.28. The van der Waals surface area contributed by atoms with Gasteiger partial charge < -0.3 is 9.15 Å². The van der Waals surface area contributed by atoms with Crippen LogP contribution >= 0.6 is 11.6 Å². The minimum atomic E-state index is 0.356. The zero-order valence-electron chi connectivity index (χ0n) is 14.8. The first-order valence-electron chi connectivity index (χ1n) is 8.90. The summed E-state index contributed by atoms with van der Waals surface area (Å²) >= 11 is 5.96. The molecule has 0 amide bonds. The molecule has 5 aromatic rings. The predicted octanol–water partition coefficient (Wildman–Crippen LogP) is 6.28. The molecule has 28 heavy (non-hydrogen) atoms. The quantitative estimate of drug-likeness (QED) is 0.365. The second kappa shape index (κ2) is 6.98. The number of nitrogens with zero attached hydrogens (tertiary/aromatic N) is 2. The Bertz CT molecular complexity index is 1260. The molecule has 0 aliphatic rings. The largest absolute Gasteiger partial charge is 0.470 e. The van der Waals surface area contributed by atoms with Gasteiger partial charge in [0.05, 0.1) is 0 Å². The number of hydrogen-bond acceptors (Lipinski definition) is 4. The lowest BCUT2D eigenvalue weighted by Gasteiger charge is -2.08. The predicted molar refractivity (Wildman–Crippen MR) is 111 cm³/mol. The molecule has 0 unspecified atom stereocenters. The van der Waals surface area contributed by atoms with Gasteiger partial charge in [0.25, 0.3) is 5.88 Å². The van der Waals surface area contributed by atoms with Crippen molar-refractivity contribution in [2.75, 3.05) is 0 Å². The summed E-state index contributed by atoms with van der Waals surface area (Å²) in [5.41, 5.74) is 3.97. The van der Waals surface area contributed by atoms with Crippen LogP contribution in [0.3, 0.4) is 0 Å². The molecule has 136 valence electrons. The molecule has 0 aliphatic carbocycles. The Balaban J connectivity index is 1.64. The van der Waals surface area contributed by atoms with Gasteiger partial charge in [0, 0.05) is 16.0 Å². The summed E-state index contributed by atoms with van der Waals surface area (Å²) in [5, 5.41) is 1.63. The maximum absolute atomic E-state index is 6.05. The van der Waals surface area contributed by atoms with Gasteiger partial charge in [-0.15, -0.1) is 0 Å². The van der Waals surface area contributed by atoms with Gasteiger partial charge in [-0.1, -0.05) is 66.2 Å². The van der Waals surface area contributed by atoms with Crippen LogP contribution in [-0.2, 0) is 6.61 Å². The van der Waals surface area contributed by atoms with Crippen LogP contribution in [0.4, 0.5) is 0 Å². The Morgan fingerprint density at radius 1 is 0.821 bits per heavy atom. The Morgan fingerprint density at radius 3 is 2.39 bits per heavy atom. The molecule has 0 atom stereocenters. The molecule has 0 aliphatic heterocycles. The zero-order chi connectivity index (χ0) is 18.9. The fourth-order valence-electron chi connectivity index (χ4n) is 3.11. The van der Waals surface area contributed by atoms with Crippen molar-refractivity contribution in [2.45, 2.75) is 6.61 Å². The van der Waals surface area contributed by atoms with Crippen LogP contribution in [0.15, 0.2) is 83.3 Å². The van der Waals surface area contributed by atoms with Crippen LogP contribution in [-0.4, -0.2) is 9.97 Å². The molecule has 0 spiro atoms. The molecule has 5 rings (SSSR count). The minimum absolute atomic E-state index is 0.356. The van der Waals surface area contributed by atoms with E-state index in [2.05, 4.69) is 4.98 Å². The molecule has 0 bridgehead atoms. The third-order valence-corrected chi connectivity index (χ3v) is 4.76. The van der Waals surface area contributed by atoms with Crippen LogP contribution in [0.25, 0.3) is 33.5 Å². The van der Waals surface area contributed by atoms with E-state index < -0.39 is 0 Å². The van der Waals surface area contributed by atoms with Crippen molar-refractivity contribution in [1.82, 2.24) is 9.97 Å². The number of rotatable bonds is 4. The number of benzene rings is 3. The van der Waals surface area contributed by atoms with E-state index in [1.165, 1.54) is 0 Å². The molecule has 0 fully saturated rings. The lowest BCUT2D eigenvalue weighted by molar-refractivity contribution is 0.293. The van der Waals surface area contributed by atoms with Crippen LogP contribution in [0, 0.1) is 0 Å². The van der Waals surface area contributed by atoms with E-state index in [0.29, 0.717) is 28.9 Å². The fourth-order valence-corrected chi connectivity index (χ4v) is 3.24. The summed E-state index contributed by atoms with van der Waals surface area (Å²) in [6.07, 6.45) is 0. The van der Waals surface area contributed by atoms with Crippen molar-refractivity contribution < 1.29 is 9.15 Å². The smallest absolute Gasteiger partial charge is 0.262 e. The van der Waals surface area contributed by atoms with Crippen LogP contribution in [0.2, 0.25) is 5.02 Å². The second-order valence-electron chi connectivity index (χ2n) is 6.41. The van der Waals surface area contributed by atoms with Gasteiger partial charge in [0.1, 0.15) is 17.7 Å². The zero-order valence-corrected chi connectivity index (χ0v) is 15.6. The van der Waals surface area contributed by atoms with Crippen molar-refractivity contribution in [1.29, 1.82) is 0 Å². The summed E-state index contributed by atoms with van der Waals surface area (Å²) in [6, 6.07) is 25.2. The van der Waals surface area contributed by atoms with E-state index in [4.69, 9.17) is 25.7 Å². The number of hydrogen-bond donors (Lipinski definition) is 0. The van der Waals surface area contributed by atoms with Gasteiger partial charge in [-0.3, -0.25) is 0 Å². The summed E-state index contributed by atoms with van der Waals surface area (Å²) in [7, 11) is 0. The van der Waals surface area contributed by atoms with Gasteiger partial charge in [0.15, 0.2) is 5.82 Å². The van der Waals surface area contributed by atoms with Crippen molar-refractivity contribution in [3.63, 3.8) is 0 Å². The van der Waals surface area contributed by atoms with Gasteiger partial charge in [-0.2, -0.15) is 4.98 Å². The molecule has 2 heterocycles. The first kappa shape index (κ1) is 16.8. The molecular formula is C23H15ClN2O2. The molecule has 0 N–H and O–H groups in total. The van der Waals surface area contributed by atoms with Gasteiger partial charge in [-0.25, -0.2) is 4.98 Å². The van der Waals surface area contributed by atoms with Crippen molar-refractivity contribution in [2.24, 2.45) is 0 Å². The average Bonchev–Trinajstić information content (AvgIpc) is 3.13. The maximum atomic E-state index is 6.05. The van der Waals surface area contributed by atoms with E-state index in [9.17, 15) is 0 Å². The fraction of sp³-hybridized carbons (Fsp3) is 0.0435. The monoisotopic (exact) mass is 386 g/mol. The third-order valence-electron chi connectivity index (χ3n) is 4.51. The highest BCUT2D eigenvalue weighted by Crippen LogP contribution is 2.34. The van der Waals surface area contributed by atoms with E-state index in [1.54, 1.807) is 0 Å². The standard InChI is InChI=1S/C23H15ClN2O2/c24-17-12-10-15(11-13-17)14-27-23-21-20(18-8-4-5-9-19(18)28-21)25-22(26-23)16-6-2-1-3-7-16/h1-13H,14H2. The van der Waals surface area contributed by atoms with Gasteiger partial charge >= 0.3 is 0 Å². The number of aromatic nitrogens is 2. The lowest BCUT2D eigenvalue weighted by Crippen LogP contribution is -2.00. The summed E-state index contributed by atoms with van der Waals surface area (Å²) < 4.78 is 12.1. The summed E-state index contributed by atoms with van der Waals surface area (Å²) in [5.74, 6) is 1.03. The average molecular weight is 387 g/mol. The number of halogens is 1. The Morgan fingerprint density at radius 2 is 1.57 bits per heavy atom. The normalized spacial score (nSPS) is 11.2. The van der Waals surface area contributed by atoms with E-state index in [0.717, 1.165) is 27.6 Å². The highest BCUT2D eigenvalue weighted by atomic mass is 35.5. The molecule has 3 aromatic carbocycles. The summed E-state index contributed by atoms with van der Waals surface area (Å²) in [4.78, 5) is 9.40. The molecule has 4 nitrogen and oxygen atoms in total. The molecule has 2 aromatic heterocycles. The van der Waals surface area contributed by atoms with E-state index in [1.807, 2.05) is 78.9 Å². The van der Waals surface area contributed by atoms with E-state index in [-0.39, 0.29) is 0 Å². The SMILES string of the molecule is Clc1ccc(COc2nc(-c3ccccc3)nc3c2oc2ccccc23)cc1. The molecule has 0 radical (unpaired) electrons.